The first kappa shape index (κ1) is 26.3. The Morgan fingerprint density at radius 1 is 0.939 bits per heavy atom. The van der Waals surface area contributed by atoms with Crippen LogP contribution in [0.25, 0.3) is 0 Å². The standard InChI is InChI=1S/C15H5F12N3O2S/c16-4-1-2-5(6(17)3-4)9(31)28-10(32)29-11-30-12(14(22,23)24,15(25,26)27)8(33-11)7(18)13(19,20)21/h1-3H,(H2,28,29,30,31,32)/b8-7+. The van der Waals surface area contributed by atoms with Gasteiger partial charge in [-0.15, -0.1) is 0 Å². The second kappa shape index (κ2) is 8.45. The van der Waals surface area contributed by atoms with E-state index >= 15 is 0 Å². The maximum atomic E-state index is 13.6. The Morgan fingerprint density at radius 3 is 1.94 bits per heavy atom. The molecule has 5 nitrogen and oxygen atoms in total. The van der Waals surface area contributed by atoms with Gasteiger partial charge in [0.15, 0.2) is 5.17 Å². The summed E-state index contributed by atoms with van der Waals surface area (Å²) < 4.78 is 157. The first-order valence-electron chi connectivity index (χ1n) is 7.77. The van der Waals surface area contributed by atoms with Crippen molar-refractivity contribution in [3.8, 4) is 0 Å². The summed E-state index contributed by atoms with van der Waals surface area (Å²) in [5, 5.41) is 0.530. The number of thioether (sulfide) groups is 1. The Hall–Kier alpha value is -2.92. The number of amidine groups is 1. The number of nitrogens with zero attached hydrogens (tertiary/aromatic N) is 1. The number of urea groups is 1. The minimum Gasteiger partial charge on any atom is -0.286 e. The van der Waals surface area contributed by atoms with Crippen LogP contribution >= 0.6 is 11.8 Å². The monoisotopic (exact) mass is 519 g/mol. The zero-order valence-electron chi connectivity index (χ0n) is 14.9. The summed E-state index contributed by atoms with van der Waals surface area (Å²) in [7, 11) is 0. The molecule has 0 saturated carbocycles. The van der Waals surface area contributed by atoms with E-state index in [1.54, 1.807) is 0 Å². The van der Waals surface area contributed by atoms with E-state index in [1.807, 2.05) is 0 Å². The first-order chi connectivity index (χ1) is 14.8. The van der Waals surface area contributed by atoms with Crippen LogP contribution in [0.1, 0.15) is 10.4 Å². The Kier molecular flexibility index (Phi) is 6.75. The number of allylic oxidation sites excluding steroid dienone is 1. The van der Waals surface area contributed by atoms with Gasteiger partial charge in [0.25, 0.3) is 11.4 Å². The van der Waals surface area contributed by atoms with Gasteiger partial charge in [0, 0.05) is 6.07 Å². The quantitative estimate of drug-likeness (QED) is 0.507. The zero-order chi connectivity index (χ0) is 25.6. The van der Waals surface area contributed by atoms with Gasteiger partial charge in [0.1, 0.15) is 11.6 Å². The van der Waals surface area contributed by atoms with Crippen molar-refractivity contribution in [1.82, 2.24) is 10.6 Å². The van der Waals surface area contributed by atoms with Crippen molar-refractivity contribution in [3.63, 3.8) is 0 Å². The average molecular weight is 519 g/mol. The molecular formula is C15H5F12N3O2S. The number of aliphatic imine (C=N–C) groups is 1. The lowest BCUT2D eigenvalue weighted by Gasteiger charge is -2.31. The largest absolute Gasteiger partial charge is 0.443 e. The van der Waals surface area contributed by atoms with Gasteiger partial charge < -0.3 is 0 Å². The number of rotatable bonds is 1. The van der Waals surface area contributed by atoms with E-state index in [1.165, 1.54) is 5.32 Å². The van der Waals surface area contributed by atoms with Gasteiger partial charge in [0.2, 0.25) is 5.83 Å². The van der Waals surface area contributed by atoms with Crippen molar-refractivity contribution >= 4 is 28.9 Å². The number of benzene rings is 1. The molecule has 1 aliphatic heterocycles. The highest BCUT2D eigenvalue weighted by Gasteiger charge is 2.77. The number of hydrogen-bond acceptors (Lipinski definition) is 4. The fraction of sp³-hybridized carbons (Fsp3) is 0.267. The van der Waals surface area contributed by atoms with Crippen LogP contribution in [0.2, 0.25) is 0 Å². The predicted molar refractivity (Wildman–Crippen MR) is 86.4 cm³/mol. The van der Waals surface area contributed by atoms with E-state index in [2.05, 4.69) is 4.99 Å². The van der Waals surface area contributed by atoms with Gasteiger partial charge >= 0.3 is 24.6 Å². The summed E-state index contributed by atoms with van der Waals surface area (Å²) in [5.41, 5.74) is -6.71. The third-order valence-electron chi connectivity index (χ3n) is 3.69. The van der Waals surface area contributed by atoms with Crippen LogP contribution in [0.5, 0.6) is 0 Å². The van der Waals surface area contributed by atoms with Crippen LogP contribution < -0.4 is 10.6 Å². The summed E-state index contributed by atoms with van der Waals surface area (Å²) in [6.45, 7) is 0. The molecule has 0 atom stereocenters. The summed E-state index contributed by atoms with van der Waals surface area (Å²) in [6.07, 6.45) is -19.6. The SMILES string of the molecule is O=C(NC(=O)c1ccc(F)cc1F)NC1=NC(C(F)(F)F)(C(F)(F)F)/C(=C(\F)C(F)(F)F)S1. The fourth-order valence-electron chi connectivity index (χ4n) is 2.30. The topological polar surface area (TPSA) is 70.6 Å². The highest BCUT2D eigenvalue weighted by molar-refractivity contribution is 8.17. The minimum atomic E-state index is -6.65. The fourth-order valence-corrected chi connectivity index (χ4v) is 3.45. The third-order valence-corrected chi connectivity index (χ3v) is 4.75. The lowest BCUT2D eigenvalue weighted by Crippen LogP contribution is -2.55. The lowest BCUT2D eigenvalue weighted by molar-refractivity contribution is -0.280. The van der Waals surface area contributed by atoms with Crippen molar-refractivity contribution in [2.45, 2.75) is 24.1 Å². The summed E-state index contributed by atoms with van der Waals surface area (Å²) in [5.74, 6) is -8.10. The van der Waals surface area contributed by atoms with Crippen LogP contribution in [0.4, 0.5) is 57.5 Å². The molecule has 3 amide bonds. The van der Waals surface area contributed by atoms with Crippen molar-refractivity contribution in [2.24, 2.45) is 4.99 Å². The van der Waals surface area contributed by atoms with E-state index in [0.29, 0.717) is 12.1 Å². The lowest BCUT2D eigenvalue weighted by atomic mass is 9.97. The van der Waals surface area contributed by atoms with Gasteiger partial charge in [-0.3, -0.25) is 15.4 Å². The molecular weight excluding hydrogens is 514 g/mol. The van der Waals surface area contributed by atoms with Gasteiger partial charge in [-0.05, 0) is 12.1 Å². The van der Waals surface area contributed by atoms with Crippen LogP contribution in [0.15, 0.2) is 33.9 Å². The summed E-state index contributed by atoms with van der Waals surface area (Å²) in [6, 6.07) is -0.693. The molecule has 0 radical (unpaired) electrons. The molecule has 2 N–H and O–H groups in total. The smallest absolute Gasteiger partial charge is 0.286 e. The highest BCUT2D eigenvalue weighted by atomic mass is 32.2. The van der Waals surface area contributed by atoms with Crippen molar-refractivity contribution in [3.05, 3.63) is 46.1 Å². The molecule has 0 unspecified atom stereocenters. The van der Waals surface area contributed by atoms with Crippen molar-refractivity contribution in [1.29, 1.82) is 0 Å². The highest BCUT2D eigenvalue weighted by Crippen LogP contribution is 2.59. The number of carbonyl (C=O) groups is 2. The Bertz CT molecular complexity index is 1030. The Balaban J connectivity index is 2.43. The third kappa shape index (κ3) is 5.03. The van der Waals surface area contributed by atoms with Gasteiger partial charge in [-0.2, -0.15) is 39.5 Å². The molecule has 0 bridgehead atoms. The second-order valence-corrected chi connectivity index (χ2v) is 6.90. The molecule has 0 aromatic heterocycles. The number of imide groups is 1. The van der Waals surface area contributed by atoms with Crippen LogP contribution in [0, 0.1) is 11.6 Å². The molecule has 18 heteroatoms. The van der Waals surface area contributed by atoms with Crippen molar-refractivity contribution < 1.29 is 62.3 Å². The molecule has 2 rings (SSSR count). The molecule has 1 aliphatic rings. The average Bonchev–Trinajstić information content (AvgIpc) is 3.00. The predicted octanol–water partition coefficient (Wildman–Crippen LogP) is 5.11. The molecule has 1 heterocycles. The number of alkyl halides is 9. The van der Waals surface area contributed by atoms with E-state index in [-0.39, 0.29) is 6.07 Å². The maximum Gasteiger partial charge on any atom is 0.443 e. The normalized spacial score (nSPS) is 18.0. The number of carbonyl (C=O) groups excluding carboxylic acids is 2. The van der Waals surface area contributed by atoms with Crippen LogP contribution in [0.3, 0.4) is 0 Å². The maximum absolute atomic E-state index is 13.6. The van der Waals surface area contributed by atoms with Crippen molar-refractivity contribution in [2.75, 3.05) is 0 Å². The molecule has 0 fully saturated rings. The molecule has 182 valence electrons. The molecule has 1 aromatic rings. The van der Waals surface area contributed by atoms with E-state index in [4.69, 9.17) is 0 Å². The molecule has 0 spiro atoms. The van der Waals surface area contributed by atoms with E-state index < -0.39 is 80.9 Å². The number of hydrogen-bond donors (Lipinski definition) is 2. The molecule has 0 aliphatic carbocycles. The van der Waals surface area contributed by atoms with Crippen LogP contribution in [-0.4, -0.2) is 41.2 Å². The van der Waals surface area contributed by atoms with Gasteiger partial charge in [0.05, 0.1) is 10.5 Å². The number of amides is 3. The Morgan fingerprint density at radius 2 is 1.48 bits per heavy atom. The van der Waals surface area contributed by atoms with Gasteiger partial charge in [-0.25, -0.2) is 23.0 Å². The first-order valence-corrected chi connectivity index (χ1v) is 8.59. The van der Waals surface area contributed by atoms with E-state index in [9.17, 15) is 62.3 Å². The second-order valence-electron chi connectivity index (χ2n) is 5.90. The number of halogens is 12. The molecule has 1 aromatic carbocycles. The van der Waals surface area contributed by atoms with E-state index in [0.717, 1.165) is 5.32 Å². The number of nitrogens with one attached hydrogen (secondary N) is 2. The summed E-state index contributed by atoms with van der Waals surface area (Å²) in [4.78, 5) is 22.5. The van der Waals surface area contributed by atoms with Gasteiger partial charge in [-0.1, -0.05) is 11.8 Å². The zero-order valence-corrected chi connectivity index (χ0v) is 15.8. The summed E-state index contributed by atoms with van der Waals surface area (Å²) >= 11 is -1.15. The molecule has 0 saturated heterocycles. The minimum absolute atomic E-state index is 0.196. The molecule has 33 heavy (non-hydrogen) atoms. The van der Waals surface area contributed by atoms with Crippen LogP contribution in [-0.2, 0) is 0 Å². The Labute approximate surface area is 177 Å².